The van der Waals surface area contributed by atoms with Gasteiger partial charge < -0.3 is 9.64 Å². The lowest BCUT2D eigenvalue weighted by Crippen LogP contribution is -2.50. The van der Waals surface area contributed by atoms with Gasteiger partial charge in [0.1, 0.15) is 0 Å². The van der Waals surface area contributed by atoms with Gasteiger partial charge in [-0.15, -0.1) is 5.10 Å². The van der Waals surface area contributed by atoms with Crippen LogP contribution in [0.4, 0.5) is 0 Å². The topological polar surface area (TPSA) is 84.3 Å². The van der Waals surface area contributed by atoms with Gasteiger partial charge in [0.25, 0.3) is 0 Å². The van der Waals surface area contributed by atoms with Gasteiger partial charge >= 0.3 is 0 Å². The van der Waals surface area contributed by atoms with Crippen LogP contribution in [0.2, 0.25) is 0 Å². The number of nitrogens with zero attached hydrogens (tertiary/aromatic N) is 4. The number of nitrogens with one attached hydrogen (secondary N) is 2. The maximum atomic E-state index is 12.8. The second-order valence-corrected chi connectivity index (χ2v) is 6.95. The number of hydrogen-bond acceptors (Lipinski definition) is 6. The van der Waals surface area contributed by atoms with Crippen molar-refractivity contribution in [1.29, 1.82) is 0 Å². The summed E-state index contributed by atoms with van der Waals surface area (Å²) in [5.41, 5.74) is 7.43. The van der Waals surface area contributed by atoms with Gasteiger partial charge in [-0.2, -0.15) is 0 Å². The molecular weight excluding hydrogens is 296 g/mol. The van der Waals surface area contributed by atoms with Crippen molar-refractivity contribution in [2.45, 2.75) is 57.5 Å². The van der Waals surface area contributed by atoms with Crippen molar-refractivity contribution in [1.82, 2.24) is 30.7 Å². The van der Waals surface area contributed by atoms with Gasteiger partial charge in [-0.05, 0) is 20.3 Å². The van der Waals surface area contributed by atoms with E-state index < -0.39 is 0 Å². The molecule has 2 N–H and O–H groups in total. The van der Waals surface area contributed by atoms with Crippen LogP contribution in [-0.2, 0) is 16.1 Å². The minimum absolute atomic E-state index is 0.0913. The number of hydrazine groups is 1. The van der Waals surface area contributed by atoms with E-state index in [1.807, 2.05) is 9.58 Å². The molecule has 4 atom stereocenters. The first-order valence-electron chi connectivity index (χ1n) is 8.43. The molecule has 1 aromatic rings. The first-order chi connectivity index (χ1) is 11.1. The largest absolute Gasteiger partial charge is 0.370 e. The fourth-order valence-corrected chi connectivity index (χ4v) is 4.00. The normalized spacial score (nSPS) is 36.6. The summed E-state index contributed by atoms with van der Waals surface area (Å²) in [6, 6.07) is 0.714. The van der Waals surface area contributed by atoms with Gasteiger partial charge in [0.15, 0.2) is 0 Å². The van der Waals surface area contributed by atoms with Crippen LogP contribution in [0.1, 0.15) is 38.4 Å². The molecule has 2 saturated heterocycles. The van der Waals surface area contributed by atoms with Crippen LogP contribution >= 0.6 is 0 Å². The zero-order chi connectivity index (χ0) is 16.0. The van der Waals surface area contributed by atoms with Crippen LogP contribution in [0, 0.1) is 5.92 Å². The maximum absolute atomic E-state index is 12.8. The Balaban J connectivity index is 1.44. The molecule has 0 bridgehead atoms. The highest BCUT2D eigenvalue weighted by molar-refractivity contribution is 5.76. The molecule has 1 amide bonds. The Morgan fingerprint density at radius 1 is 1.39 bits per heavy atom. The molecule has 0 aliphatic carbocycles. The highest BCUT2D eigenvalue weighted by Gasteiger charge is 2.39. The molecule has 126 valence electrons. The van der Waals surface area contributed by atoms with Gasteiger partial charge in [0, 0.05) is 37.5 Å². The van der Waals surface area contributed by atoms with E-state index in [4.69, 9.17) is 4.74 Å². The Bertz CT molecular complexity index is 580. The highest BCUT2D eigenvalue weighted by atomic mass is 16.5. The van der Waals surface area contributed by atoms with Crippen molar-refractivity contribution in [2.24, 2.45) is 5.92 Å². The fourth-order valence-electron chi connectivity index (χ4n) is 4.00. The number of fused-ring (bicyclic) bond motifs is 3. The number of likely N-dealkylation sites (tertiary alicyclic amines) is 1. The molecule has 2 fully saturated rings. The van der Waals surface area contributed by atoms with Crippen LogP contribution < -0.4 is 10.9 Å². The van der Waals surface area contributed by atoms with Crippen LogP contribution in [0.25, 0.3) is 0 Å². The Kier molecular flexibility index (Phi) is 3.82. The van der Waals surface area contributed by atoms with E-state index in [2.05, 4.69) is 35.0 Å². The zero-order valence-corrected chi connectivity index (χ0v) is 13.6. The molecule has 2 unspecified atom stereocenters. The zero-order valence-electron chi connectivity index (χ0n) is 13.6. The number of amides is 1. The van der Waals surface area contributed by atoms with E-state index in [1.165, 1.54) is 0 Å². The molecule has 3 aliphatic rings. The van der Waals surface area contributed by atoms with Crippen molar-refractivity contribution in [3.05, 3.63) is 11.9 Å². The number of rotatable bonds is 2. The van der Waals surface area contributed by atoms with E-state index in [-0.39, 0.29) is 18.1 Å². The number of piperidine rings is 1. The third-order valence-electron chi connectivity index (χ3n) is 5.51. The molecule has 1 aromatic heterocycles. The SMILES string of the molecule is CC1NNC(C)C1CC(=O)N1CC[C@@H]2OCc3cnnn3[C@@H]2C1. The molecular formula is C15H24N6O2. The predicted octanol–water partition coefficient (Wildman–Crippen LogP) is -0.159. The lowest BCUT2D eigenvalue weighted by molar-refractivity contribution is -0.139. The first kappa shape index (κ1) is 15.0. The summed E-state index contributed by atoms with van der Waals surface area (Å²) >= 11 is 0. The van der Waals surface area contributed by atoms with Crippen LogP contribution in [-0.4, -0.2) is 57.1 Å². The minimum Gasteiger partial charge on any atom is -0.370 e. The first-order valence-corrected chi connectivity index (χ1v) is 8.43. The highest BCUT2D eigenvalue weighted by Crippen LogP contribution is 2.31. The summed E-state index contributed by atoms with van der Waals surface area (Å²) < 4.78 is 7.85. The van der Waals surface area contributed by atoms with Crippen molar-refractivity contribution in [3.63, 3.8) is 0 Å². The van der Waals surface area contributed by atoms with E-state index in [1.54, 1.807) is 6.20 Å². The molecule has 0 spiro atoms. The monoisotopic (exact) mass is 320 g/mol. The number of carbonyl (C=O) groups excluding carboxylic acids is 1. The maximum Gasteiger partial charge on any atom is 0.223 e. The molecule has 4 heterocycles. The van der Waals surface area contributed by atoms with E-state index in [0.717, 1.165) is 18.7 Å². The molecule has 23 heavy (non-hydrogen) atoms. The number of ether oxygens (including phenoxy) is 1. The van der Waals surface area contributed by atoms with E-state index >= 15 is 0 Å². The van der Waals surface area contributed by atoms with Crippen molar-refractivity contribution in [2.75, 3.05) is 13.1 Å². The molecule has 8 heteroatoms. The van der Waals surface area contributed by atoms with E-state index in [0.29, 0.717) is 37.6 Å². The number of hydrogen-bond donors (Lipinski definition) is 2. The smallest absolute Gasteiger partial charge is 0.223 e. The number of aromatic nitrogens is 3. The quantitative estimate of drug-likeness (QED) is 0.788. The molecule has 8 nitrogen and oxygen atoms in total. The van der Waals surface area contributed by atoms with Crippen molar-refractivity contribution in [3.8, 4) is 0 Å². The lowest BCUT2D eigenvalue weighted by Gasteiger charge is -2.41. The van der Waals surface area contributed by atoms with Crippen LogP contribution in [0.5, 0.6) is 0 Å². The summed E-state index contributed by atoms with van der Waals surface area (Å²) in [5.74, 6) is 0.551. The minimum atomic E-state index is 0.0913. The van der Waals surface area contributed by atoms with Gasteiger partial charge in [0.2, 0.25) is 5.91 Å². The number of carbonyl (C=O) groups is 1. The molecule has 0 radical (unpaired) electrons. The summed E-state index contributed by atoms with van der Waals surface area (Å²) in [6.45, 7) is 6.24. The van der Waals surface area contributed by atoms with Crippen molar-refractivity contribution < 1.29 is 9.53 Å². The second kappa shape index (κ2) is 5.85. The standard InChI is InChI=1S/C15H24N6O2/c1-9-12(10(2)18-17-9)5-15(22)20-4-3-14-13(7-20)21-11(8-23-14)6-16-19-21/h6,9-10,12-14,17-18H,3-5,7-8H2,1-2H3/t9?,10?,12?,13-,14+/m1/s1. The Morgan fingerprint density at radius 2 is 2.17 bits per heavy atom. The molecule has 0 aromatic carbocycles. The predicted molar refractivity (Wildman–Crippen MR) is 82.1 cm³/mol. The lowest BCUT2D eigenvalue weighted by atomic mass is 9.91. The molecule has 3 aliphatic heterocycles. The molecule has 4 rings (SSSR count). The summed E-state index contributed by atoms with van der Waals surface area (Å²) in [7, 11) is 0. The second-order valence-electron chi connectivity index (χ2n) is 6.95. The molecule has 0 saturated carbocycles. The van der Waals surface area contributed by atoms with E-state index in [9.17, 15) is 4.79 Å². The van der Waals surface area contributed by atoms with Crippen LogP contribution in [0.15, 0.2) is 6.20 Å². The summed E-state index contributed by atoms with van der Waals surface area (Å²) in [5, 5.41) is 8.17. The van der Waals surface area contributed by atoms with Gasteiger partial charge in [-0.1, -0.05) is 5.21 Å². The van der Waals surface area contributed by atoms with Gasteiger partial charge in [-0.25, -0.2) is 4.68 Å². The Labute approximate surface area is 135 Å². The Hall–Kier alpha value is -1.51. The third-order valence-corrected chi connectivity index (χ3v) is 5.51. The fraction of sp³-hybridized carbons (Fsp3) is 0.800. The van der Waals surface area contributed by atoms with Gasteiger partial charge in [0.05, 0.1) is 30.6 Å². The van der Waals surface area contributed by atoms with Crippen molar-refractivity contribution >= 4 is 5.91 Å². The summed E-state index contributed by atoms with van der Waals surface area (Å²) in [6.07, 6.45) is 3.32. The Morgan fingerprint density at radius 3 is 2.96 bits per heavy atom. The van der Waals surface area contributed by atoms with Gasteiger partial charge in [-0.3, -0.25) is 15.6 Å². The van der Waals surface area contributed by atoms with Crippen LogP contribution in [0.3, 0.4) is 0 Å². The summed E-state index contributed by atoms with van der Waals surface area (Å²) in [4.78, 5) is 14.7. The average molecular weight is 320 g/mol. The third kappa shape index (κ3) is 2.64. The average Bonchev–Trinajstić information content (AvgIpc) is 3.16.